The number of fused-ring (bicyclic) bond motifs is 1. The Morgan fingerprint density at radius 3 is 2.60 bits per heavy atom. The number of methoxy groups -OCH3 is 1. The molecule has 3 aromatic heterocycles. The summed E-state index contributed by atoms with van der Waals surface area (Å²) in [6, 6.07) is 8.92. The van der Waals surface area contributed by atoms with Gasteiger partial charge in [0, 0.05) is 36.5 Å². The van der Waals surface area contributed by atoms with Crippen molar-refractivity contribution in [1.82, 2.24) is 25.1 Å². The van der Waals surface area contributed by atoms with Crippen LogP contribution >= 0.6 is 23.2 Å². The third kappa shape index (κ3) is 4.13. The summed E-state index contributed by atoms with van der Waals surface area (Å²) < 4.78 is 5.14. The molecule has 180 valence electrons. The summed E-state index contributed by atoms with van der Waals surface area (Å²) in [5.74, 6) is 0.193. The second-order valence-electron chi connectivity index (χ2n) is 8.37. The zero-order valence-corrected chi connectivity index (χ0v) is 20.3. The minimum Gasteiger partial charge on any atom is -0.481 e. The van der Waals surface area contributed by atoms with Crippen molar-refractivity contribution in [3.05, 3.63) is 57.8 Å². The Hall–Kier alpha value is -3.47. The number of nitrogens with zero attached hydrogens (tertiary/aromatic N) is 5. The molecule has 1 fully saturated rings. The Labute approximate surface area is 210 Å². The highest BCUT2D eigenvalue weighted by atomic mass is 35.5. The van der Waals surface area contributed by atoms with Crippen LogP contribution in [0.5, 0.6) is 5.88 Å². The molecule has 0 spiro atoms. The number of benzene rings is 1. The number of aromatic nitrogens is 5. The van der Waals surface area contributed by atoms with Crippen molar-refractivity contribution >= 4 is 46.1 Å². The maximum absolute atomic E-state index is 12.4. The number of nitrogens with one attached hydrogen (secondary N) is 1. The van der Waals surface area contributed by atoms with E-state index in [1.165, 1.54) is 0 Å². The largest absolute Gasteiger partial charge is 0.481 e. The van der Waals surface area contributed by atoms with Crippen LogP contribution in [0.2, 0.25) is 10.0 Å². The van der Waals surface area contributed by atoms with Crippen LogP contribution in [-0.4, -0.2) is 51.3 Å². The fourth-order valence-corrected chi connectivity index (χ4v) is 4.71. The van der Waals surface area contributed by atoms with E-state index in [9.17, 15) is 4.79 Å². The number of piperidine rings is 1. The summed E-state index contributed by atoms with van der Waals surface area (Å²) in [6.07, 6.45) is 3.02. The number of nitrogens with two attached hydrogens (primary N) is 2. The van der Waals surface area contributed by atoms with E-state index < -0.39 is 11.4 Å². The topological polar surface area (TPSA) is 149 Å². The van der Waals surface area contributed by atoms with Crippen molar-refractivity contribution in [3.63, 3.8) is 0 Å². The van der Waals surface area contributed by atoms with Crippen LogP contribution in [0.25, 0.3) is 22.3 Å². The number of halogens is 2. The first-order chi connectivity index (χ1) is 16.8. The molecule has 0 radical (unpaired) electrons. The molecule has 0 aliphatic carbocycles. The fourth-order valence-electron chi connectivity index (χ4n) is 4.31. The minimum atomic E-state index is -0.700. The molecule has 1 aliphatic heterocycles. The van der Waals surface area contributed by atoms with Gasteiger partial charge in [0.05, 0.1) is 28.2 Å². The number of hydrogen-bond acceptors (Lipinski definition) is 8. The second kappa shape index (κ2) is 8.95. The lowest BCUT2D eigenvalue weighted by Crippen LogP contribution is -2.48. The van der Waals surface area contributed by atoms with Crippen LogP contribution in [0, 0.1) is 0 Å². The lowest BCUT2D eigenvalue weighted by Gasteiger charge is -2.39. The van der Waals surface area contributed by atoms with Gasteiger partial charge in [0.1, 0.15) is 5.69 Å². The molecule has 10 nitrogen and oxygen atoms in total. The van der Waals surface area contributed by atoms with E-state index in [1.807, 2.05) is 11.0 Å². The van der Waals surface area contributed by atoms with Gasteiger partial charge in [0.25, 0.3) is 5.91 Å². The summed E-state index contributed by atoms with van der Waals surface area (Å²) in [5, 5.41) is 8.29. The lowest BCUT2D eigenvalue weighted by molar-refractivity contribution is 0.0997. The summed E-state index contributed by atoms with van der Waals surface area (Å²) in [7, 11) is 1.57. The molecule has 5 N–H and O–H groups in total. The van der Waals surface area contributed by atoms with Crippen molar-refractivity contribution < 1.29 is 9.53 Å². The SMILES string of the molecule is COc1ccc(C2(N)CCN(c3nc(C(N)=O)c4c(-c5cccc(Cl)c5Cl)[nH]nc4n3)CC2)cn1. The first-order valence-corrected chi connectivity index (χ1v) is 11.6. The molecule has 5 rings (SSSR count). The highest BCUT2D eigenvalue weighted by Gasteiger charge is 2.34. The highest BCUT2D eigenvalue weighted by Crippen LogP contribution is 2.37. The summed E-state index contributed by atoms with van der Waals surface area (Å²) in [4.78, 5) is 27.8. The maximum atomic E-state index is 12.4. The Kier molecular flexibility index (Phi) is 5.96. The molecule has 0 saturated carbocycles. The standard InChI is InChI=1S/C23H22Cl2N8O2/c1-35-15-6-5-12(11-28-15)23(27)7-9-33(10-8-23)22-29-19(20(26)34)16-18(31-32-21(16)30-22)13-3-2-4-14(24)17(13)25/h2-6,11H,7-10,27H2,1H3,(H2,26,34)(H,29,30,31,32). The van der Waals surface area contributed by atoms with Crippen LogP contribution in [0.4, 0.5) is 5.95 Å². The van der Waals surface area contributed by atoms with Gasteiger partial charge in [-0.05, 0) is 24.5 Å². The summed E-state index contributed by atoms with van der Waals surface area (Å²) in [5.41, 5.74) is 14.2. The van der Waals surface area contributed by atoms with Gasteiger partial charge in [-0.2, -0.15) is 10.1 Å². The van der Waals surface area contributed by atoms with E-state index in [0.717, 1.165) is 5.56 Å². The van der Waals surface area contributed by atoms with Gasteiger partial charge < -0.3 is 21.1 Å². The number of primary amides is 1. The Balaban J connectivity index is 1.47. The highest BCUT2D eigenvalue weighted by molar-refractivity contribution is 6.43. The zero-order chi connectivity index (χ0) is 24.7. The molecule has 4 aromatic rings. The Bertz CT molecular complexity index is 1420. The Morgan fingerprint density at radius 2 is 1.94 bits per heavy atom. The molecule has 0 bridgehead atoms. The van der Waals surface area contributed by atoms with Gasteiger partial charge in [-0.3, -0.25) is 9.89 Å². The van der Waals surface area contributed by atoms with Crippen LogP contribution in [0.1, 0.15) is 28.9 Å². The van der Waals surface area contributed by atoms with Crippen molar-refractivity contribution in [2.24, 2.45) is 11.5 Å². The molecule has 0 atom stereocenters. The normalized spacial score (nSPS) is 15.4. The number of aromatic amines is 1. The zero-order valence-electron chi connectivity index (χ0n) is 18.8. The number of H-pyrrole nitrogens is 1. The quantitative estimate of drug-likeness (QED) is 0.368. The number of pyridine rings is 1. The number of amides is 1. The number of carbonyl (C=O) groups excluding carboxylic acids is 1. The first kappa shape index (κ1) is 23.3. The lowest BCUT2D eigenvalue weighted by atomic mass is 9.83. The number of hydrogen-bond donors (Lipinski definition) is 3. The third-order valence-electron chi connectivity index (χ3n) is 6.31. The van der Waals surface area contributed by atoms with E-state index >= 15 is 0 Å². The van der Waals surface area contributed by atoms with Gasteiger partial charge >= 0.3 is 0 Å². The number of ether oxygens (including phenoxy) is 1. The molecular formula is C23H22Cl2N8O2. The van der Waals surface area contributed by atoms with Crippen LogP contribution < -0.4 is 21.1 Å². The third-order valence-corrected chi connectivity index (χ3v) is 7.13. The van der Waals surface area contributed by atoms with E-state index in [0.29, 0.717) is 70.1 Å². The Morgan fingerprint density at radius 1 is 1.17 bits per heavy atom. The van der Waals surface area contributed by atoms with Crippen LogP contribution in [-0.2, 0) is 5.54 Å². The molecule has 4 heterocycles. The first-order valence-electron chi connectivity index (χ1n) is 10.9. The van der Waals surface area contributed by atoms with Gasteiger partial charge in [-0.25, -0.2) is 9.97 Å². The molecule has 1 amide bonds. The smallest absolute Gasteiger partial charge is 0.268 e. The number of anilines is 1. The summed E-state index contributed by atoms with van der Waals surface area (Å²) >= 11 is 12.6. The maximum Gasteiger partial charge on any atom is 0.268 e. The van der Waals surface area contributed by atoms with Crippen molar-refractivity contribution in [1.29, 1.82) is 0 Å². The average Bonchev–Trinajstić information content (AvgIpc) is 3.29. The molecule has 1 aromatic carbocycles. The molecule has 1 saturated heterocycles. The molecule has 12 heteroatoms. The number of carbonyl (C=O) groups is 1. The molecular weight excluding hydrogens is 491 g/mol. The van der Waals surface area contributed by atoms with Gasteiger partial charge in [0.2, 0.25) is 11.8 Å². The van der Waals surface area contributed by atoms with E-state index in [4.69, 9.17) is 39.4 Å². The molecule has 0 unspecified atom stereocenters. The number of rotatable bonds is 5. The van der Waals surface area contributed by atoms with E-state index in [-0.39, 0.29) is 5.69 Å². The van der Waals surface area contributed by atoms with Gasteiger partial charge in [-0.1, -0.05) is 41.4 Å². The van der Waals surface area contributed by atoms with Crippen LogP contribution in [0.3, 0.4) is 0 Å². The summed E-state index contributed by atoms with van der Waals surface area (Å²) in [6.45, 7) is 1.15. The van der Waals surface area contributed by atoms with E-state index in [2.05, 4.69) is 25.1 Å². The predicted molar refractivity (Wildman–Crippen MR) is 134 cm³/mol. The second-order valence-corrected chi connectivity index (χ2v) is 9.15. The van der Waals surface area contributed by atoms with Crippen molar-refractivity contribution in [3.8, 4) is 17.1 Å². The minimum absolute atomic E-state index is 0.0498. The van der Waals surface area contributed by atoms with Gasteiger partial charge in [-0.15, -0.1) is 0 Å². The van der Waals surface area contributed by atoms with Crippen molar-refractivity contribution in [2.45, 2.75) is 18.4 Å². The van der Waals surface area contributed by atoms with Gasteiger partial charge in [0.15, 0.2) is 5.65 Å². The van der Waals surface area contributed by atoms with Crippen LogP contribution in [0.15, 0.2) is 36.5 Å². The van der Waals surface area contributed by atoms with Crippen molar-refractivity contribution in [2.75, 3.05) is 25.1 Å². The average molecular weight is 513 g/mol. The predicted octanol–water partition coefficient (Wildman–Crippen LogP) is 3.28. The monoisotopic (exact) mass is 512 g/mol. The van der Waals surface area contributed by atoms with E-state index in [1.54, 1.807) is 37.6 Å². The molecule has 1 aliphatic rings. The fraction of sp³-hybridized carbons (Fsp3) is 0.261. The molecule has 35 heavy (non-hydrogen) atoms.